The van der Waals surface area contributed by atoms with Gasteiger partial charge in [-0.25, -0.2) is 0 Å². The van der Waals surface area contributed by atoms with Crippen LogP contribution in [0.1, 0.15) is 97.8 Å². The van der Waals surface area contributed by atoms with E-state index in [2.05, 4.69) is 11.8 Å². The molecule has 0 N–H and O–H groups in total. The van der Waals surface area contributed by atoms with Gasteiger partial charge in [0.05, 0.1) is 13.2 Å². The second kappa shape index (κ2) is 14.2. The van der Waals surface area contributed by atoms with E-state index in [1.54, 1.807) is 0 Å². The predicted octanol–water partition coefficient (Wildman–Crippen LogP) is 5.28. The SMILES string of the molecule is CCCCCCCCCCCCOC1C(COCCN2CCCC2)OC2OC(C)(C)OC21. The standard InChI is InChI=1S/C26H49NO5/c1-4-5-6-7-8-9-10-11-12-15-19-29-23-22(21-28-20-18-27-16-13-14-17-27)30-25-24(23)31-26(2,3)32-25/h22-25H,4-21H2,1-3H3. The summed E-state index contributed by atoms with van der Waals surface area (Å²) in [7, 11) is 0. The van der Waals surface area contributed by atoms with E-state index in [1.807, 2.05) is 13.8 Å². The molecular weight excluding hydrogens is 406 g/mol. The zero-order valence-corrected chi connectivity index (χ0v) is 21.0. The molecule has 6 nitrogen and oxygen atoms in total. The van der Waals surface area contributed by atoms with Crippen molar-refractivity contribution in [2.24, 2.45) is 0 Å². The molecule has 0 spiro atoms. The molecule has 188 valence electrons. The van der Waals surface area contributed by atoms with Gasteiger partial charge in [0.1, 0.15) is 18.3 Å². The fourth-order valence-corrected chi connectivity index (χ4v) is 5.09. The van der Waals surface area contributed by atoms with Crippen LogP contribution in [-0.2, 0) is 23.7 Å². The average Bonchev–Trinajstić information content (AvgIpc) is 3.45. The number of hydrogen-bond donors (Lipinski definition) is 0. The molecule has 32 heavy (non-hydrogen) atoms. The van der Waals surface area contributed by atoms with Crippen LogP contribution in [0.5, 0.6) is 0 Å². The van der Waals surface area contributed by atoms with Gasteiger partial charge in [-0.1, -0.05) is 64.7 Å². The van der Waals surface area contributed by atoms with E-state index in [-0.39, 0.29) is 24.6 Å². The molecule has 0 aromatic heterocycles. The minimum atomic E-state index is -0.615. The summed E-state index contributed by atoms with van der Waals surface area (Å²) in [5.74, 6) is -0.615. The van der Waals surface area contributed by atoms with Crippen LogP contribution in [-0.4, -0.2) is 74.7 Å². The van der Waals surface area contributed by atoms with Crippen LogP contribution in [0.25, 0.3) is 0 Å². The van der Waals surface area contributed by atoms with Crippen molar-refractivity contribution in [1.82, 2.24) is 4.90 Å². The summed E-state index contributed by atoms with van der Waals surface area (Å²) in [5.41, 5.74) is 0. The highest BCUT2D eigenvalue weighted by Gasteiger charge is 2.55. The molecule has 0 amide bonds. The minimum Gasteiger partial charge on any atom is -0.377 e. The Morgan fingerprint density at radius 2 is 1.50 bits per heavy atom. The maximum Gasteiger partial charge on any atom is 0.190 e. The topological polar surface area (TPSA) is 49.4 Å². The second-order valence-electron chi connectivity index (χ2n) is 10.3. The summed E-state index contributed by atoms with van der Waals surface area (Å²) in [6, 6.07) is 0. The maximum absolute atomic E-state index is 6.30. The largest absolute Gasteiger partial charge is 0.377 e. The van der Waals surface area contributed by atoms with Crippen LogP contribution in [0.15, 0.2) is 0 Å². The highest BCUT2D eigenvalue weighted by Crippen LogP contribution is 2.38. The molecule has 6 heteroatoms. The molecule has 3 aliphatic heterocycles. The Labute approximate surface area is 196 Å². The van der Waals surface area contributed by atoms with Crippen molar-refractivity contribution in [3.05, 3.63) is 0 Å². The Bertz CT molecular complexity index is 497. The van der Waals surface area contributed by atoms with Gasteiger partial charge < -0.3 is 28.6 Å². The quantitative estimate of drug-likeness (QED) is 0.278. The van der Waals surface area contributed by atoms with Crippen LogP contribution in [0, 0.1) is 0 Å². The number of likely N-dealkylation sites (tertiary alicyclic amines) is 1. The highest BCUT2D eigenvalue weighted by molar-refractivity contribution is 4.94. The third kappa shape index (κ3) is 8.84. The molecule has 3 heterocycles. The molecule has 3 aliphatic rings. The van der Waals surface area contributed by atoms with E-state index in [1.165, 1.54) is 83.7 Å². The summed E-state index contributed by atoms with van der Waals surface area (Å²) in [4.78, 5) is 2.47. The molecule has 4 unspecified atom stereocenters. The lowest BCUT2D eigenvalue weighted by atomic mass is 10.1. The first-order valence-electron chi connectivity index (χ1n) is 13.5. The van der Waals surface area contributed by atoms with Crippen LogP contribution in [0.2, 0.25) is 0 Å². The average molecular weight is 456 g/mol. The first kappa shape index (κ1) is 26.4. The normalized spacial score (nSPS) is 29.7. The molecule has 4 atom stereocenters. The van der Waals surface area contributed by atoms with E-state index in [0.717, 1.165) is 26.2 Å². The van der Waals surface area contributed by atoms with Gasteiger partial charge in [-0.3, -0.25) is 0 Å². The van der Waals surface area contributed by atoms with Crippen LogP contribution >= 0.6 is 0 Å². The lowest BCUT2D eigenvalue weighted by Gasteiger charge is -2.26. The Morgan fingerprint density at radius 1 is 0.844 bits per heavy atom. The van der Waals surface area contributed by atoms with E-state index in [4.69, 9.17) is 23.7 Å². The second-order valence-corrected chi connectivity index (χ2v) is 10.3. The summed E-state index contributed by atoms with van der Waals surface area (Å²) < 4.78 is 30.5. The number of fused-ring (bicyclic) bond motifs is 1. The highest BCUT2D eigenvalue weighted by atomic mass is 16.8. The lowest BCUT2D eigenvalue weighted by molar-refractivity contribution is -0.223. The van der Waals surface area contributed by atoms with Gasteiger partial charge in [-0.2, -0.15) is 0 Å². The molecule has 0 radical (unpaired) electrons. The first-order valence-corrected chi connectivity index (χ1v) is 13.5. The summed E-state index contributed by atoms with van der Waals surface area (Å²) in [5, 5.41) is 0. The molecule has 0 bridgehead atoms. The lowest BCUT2D eigenvalue weighted by Crippen LogP contribution is -2.39. The molecule has 3 saturated heterocycles. The van der Waals surface area contributed by atoms with Crippen molar-refractivity contribution in [2.75, 3.05) is 39.5 Å². The zero-order valence-electron chi connectivity index (χ0n) is 21.0. The van der Waals surface area contributed by atoms with Gasteiger partial charge in [-0.05, 0) is 46.2 Å². The summed E-state index contributed by atoms with van der Waals surface area (Å²) in [6.45, 7) is 11.6. The van der Waals surface area contributed by atoms with Crippen LogP contribution in [0.3, 0.4) is 0 Å². The zero-order chi connectivity index (χ0) is 22.7. The van der Waals surface area contributed by atoms with Crippen LogP contribution < -0.4 is 0 Å². The molecular formula is C26H49NO5. The van der Waals surface area contributed by atoms with Gasteiger partial charge in [0, 0.05) is 13.2 Å². The Hall–Kier alpha value is -0.240. The number of nitrogens with zero attached hydrogens (tertiary/aromatic N) is 1. The number of unbranched alkanes of at least 4 members (excludes halogenated alkanes) is 9. The van der Waals surface area contributed by atoms with E-state index >= 15 is 0 Å². The van der Waals surface area contributed by atoms with Crippen molar-refractivity contribution in [3.63, 3.8) is 0 Å². The predicted molar refractivity (Wildman–Crippen MR) is 127 cm³/mol. The molecule has 0 saturated carbocycles. The smallest absolute Gasteiger partial charge is 0.190 e. The fourth-order valence-electron chi connectivity index (χ4n) is 5.09. The minimum absolute atomic E-state index is 0.118. The molecule has 0 aliphatic carbocycles. The molecule has 0 aromatic carbocycles. The van der Waals surface area contributed by atoms with Crippen molar-refractivity contribution in [2.45, 2.75) is 128 Å². The van der Waals surface area contributed by atoms with E-state index in [9.17, 15) is 0 Å². The van der Waals surface area contributed by atoms with Crippen molar-refractivity contribution in [1.29, 1.82) is 0 Å². The third-order valence-corrected chi connectivity index (χ3v) is 6.93. The number of rotatable bonds is 17. The Kier molecular flexibility index (Phi) is 11.7. The first-order chi connectivity index (χ1) is 15.6. The monoisotopic (exact) mass is 455 g/mol. The van der Waals surface area contributed by atoms with Crippen molar-refractivity contribution in [3.8, 4) is 0 Å². The van der Waals surface area contributed by atoms with Gasteiger partial charge in [0.25, 0.3) is 0 Å². The van der Waals surface area contributed by atoms with Crippen molar-refractivity contribution < 1.29 is 23.7 Å². The number of hydrogen-bond acceptors (Lipinski definition) is 6. The Morgan fingerprint density at radius 3 is 2.19 bits per heavy atom. The summed E-state index contributed by atoms with van der Waals surface area (Å²) in [6.07, 6.45) is 15.1. The number of ether oxygens (including phenoxy) is 5. The Balaban J connectivity index is 1.29. The maximum atomic E-state index is 6.30. The van der Waals surface area contributed by atoms with E-state index < -0.39 is 5.79 Å². The molecule has 3 rings (SSSR count). The van der Waals surface area contributed by atoms with Crippen LogP contribution in [0.4, 0.5) is 0 Å². The van der Waals surface area contributed by atoms with Crippen molar-refractivity contribution >= 4 is 0 Å². The molecule has 3 fully saturated rings. The van der Waals surface area contributed by atoms with Gasteiger partial charge >= 0.3 is 0 Å². The molecule has 0 aromatic rings. The summed E-state index contributed by atoms with van der Waals surface area (Å²) >= 11 is 0. The third-order valence-electron chi connectivity index (χ3n) is 6.93. The van der Waals surface area contributed by atoms with E-state index in [0.29, 0.717) is 6.61 Å². The van der Waals surface area contributed by atoms with Gasteiger partial charge in [0.15, 0.2) is 12.1 Å². The van der Waals surface area contributed by atoms with Gasteiger partial charge in [0.2, 0.25) is 0 Å². The fraction of sp³-hybridized carbons (Fsp3) is 1.00. The van der Waals surface area contributed by atoms with Gasteiger partial charge in [-0.15, -0.1) is 0 Å².